The number of likely N-dealkylation sites (tertiary alicyclic amines) is 1. The predicted octanol–water partition coefficient (Wildman–Crippen LogP) is 2.48. The molecule has 2 rings (SSSR count). The van der Waals surface area contributed by atoms with E-state index in [4.69, 9.17) is 5.73 Å². The smallest absolute Gasteiger partial charge is 0.0590 e. The third-order valence-corrected chi connectivity index (χ3v) is 4.12. The van der Waals surface area contributed by atoms with E-state index < -0.39 is 0 Å². The molecule has 1 saturated heterocycles. The van der Waals surface area contributed by atoms with Crippen molar-refractivity contribution in [3.63, 3.8) is 0 Å². The van der Waals surface area contributed by atoms with Gasteiger partial charge in [-0.05, 0) is 37.3 Å². The van der Waals surface area contributed by atoms with Crippen LogP contribution in [0, 0.1) is 5.92 Å². The van der Waals surface area contributed by atoms with E-state index in [1.54, 1.807) is 0 Å². The molecule has 1 aromatic rings. The van der Waals surface area contributed by atoms with Crippen molar-refractivity contribution in [2.45, 2.75) is 32.4 Å². The van der Waals surface area contributed by atoms with Gasteiger partial charge in [-0.15, -0.1) is 11.3 Å². The molecule has 2 heterocycles. The Morgan fingerprint density at radius 3 is 2.87 bits per heavy atom. The molecule has 3 unspecified atom stereocenters. The van der Waals surface area contributed by atoms with Gasteiger partial charge in [-0.2, -0.15) is 0 Å². The zero-order chi connectivity index (χ0) is 10.8. The predicted molar refractivity (Wildman–Crippen MR) is 66.1 cm³/mol. The average Bonchev–Trinajstić information content (AvgIpc) is 2.77. The maximum Gasteiger partial charge on any atom is 0.0590 e. The monoisotopic (exact) mass is 224 g/mol. The summed E-state index contributed by atoms with van der Waals surface area (Å²) in [4.78, 5) is 3.96. The van der Waals surface area contributed by atoms with E-state index in [9.17, 15) is 0 Å². The normalized spacial score (nSPS) is 26.7. The van der Waals surface area contributed by atoms with Gasteiger partial charge in [0.1, 0.15) is 0 Å². The Labute approximate surface area is 96.1 Å². The quantitative estimate of drug-likeness (QED) is 0.854. The Hall–Kier alpha value is -0.380. The van der Waals surface area contributed by atoms with Crippen molar-refractivity contribution in [2.75, 3.05) is 13.1 Å². The zero-order valence-electron chi connectivity index (χ0n) is 9.52. The highest BCUT2D eigenvalue weighted by atomic mass is 32.1. The molecule has 1 fully saturated rings. The summed E-state index contributed by atoms with van der Waals surface area (Å²) >= 11 is 1.83. The lowest BCUT2D eigenvalue weighted by atomic mass is 10.1. The highest BCUT2D eigenvalue weighted by Crippen LogP contribution is 2.31. The van der Waals surface area contributed by atoms with E-state index in [1.165, 1.54) is 24.4 Å². The number of nitrogens with zero attached hydrogens (tertiary/aromatic N) is 1. The molecule has 1 aliphatic rings. The summed E-state index contributed by atoms with van der Waals surface area (Å²) in [6, 6.07) is 4.97. The van der Waals surface area contributed by atoms with Gasteiger partial charge in [0.25, 0.3) is 0 Å². The Balaban J connectivity index is 2.14. The van der Waals surface area contributed by atoms with Crippen LogP contribution in [0.3, 0.4) is 0 Å². The number of thiophene rings is 1. The molecular formula is C12H20N2S. The van der Waals surface area contributed by atoms with Gasteiger partial charge in [0, 0.05) is 17.5 Å². The van der Waals surface area contributed by atoms with Crippen LogP contribution in [0.15, 0.2) is 17.5 Å². The van der Waals surface area contributed by atoms with Crippen LogP contribution in [0.5, 0.6) is 0 Å². The van der Waals surface area contributed by atoms with Crippen LogP contribution in [-0.2, 0) is 0 Å². The minimum atomic E-state index is 0.217. The molecule has 2 nitrogen and oxygen atoms in total. The van der Waals surface area contributed by atoms with Crippen molar-refractivity contribution in [1.82, 2.24) is 4.90 Å². The van der Waals surface area contributed by atoms with E-state index >= 15 is 0 Å². The highest BCUT2D eigenvalue weighted by Gasteiger charge is 2.29. The van der Waals surface area contributed by atoms with Gasteiger partial charge in [-0.1, -0.05) is 13.0 Å². The molecule has 1 aliphatic heterocycles. The average molecular weight is 224 g/mol. The third kappa shape index (κ3) is 2.41. The van der Waals surface area contributed by atoms with Crippen LogP contribution < -0.4 is 5.73 Å². The van der Waals surface area contributed by atoms with Crippen LogP contribution in [0.25, 0.3) is 0 Å². The summed E-state index contributed by atoms with van der Waals surface area (Å²) in [6.45, 7) is 6.84. The standard InChI is InChI=1S/C12H20N2S/c1-9-5-6-14(8-9)12(10(2)13)11-4-3-7-15-11/h3-4,7,9-10,12H,5-6,8,13H2,1-2H3. The van der Waals surface area contributed by atoms with Crippen LogP contribution in [0.1, 0.15) is 31.2 Å². The molecule has 1 aromatic heterocycles. The molecule has 2 N–H and O–H groups in total. The summed E-state index contributed by atoms with van der Waals surface area (Å²) in [5, 5.41) is 2.14. The van der Waals surface area contributed by atoms with Crippen LogP contribution in [0.2, 0.25) is 0 Å². The molecule has 0 radical (unpaired) electrons. The fourth-order valence-electron chi connectivity index (χ4n) is 2.45. The lowest BCUT2D eigenvalue weighted by Gasteiger charge is -2.30. The lowest BCUT2D eigenvalue weighted by Crippen LogP contribution is -2.37. The fraction of sp³-hybridized carbons (Fsp3) is 0.667. The number of hydrogen-bond donors (Lipinski definition) is 1. The summed E-state index contributed by atoms with van der Waals surface area (Å²) in [5.74, 6) is 0.825. The van der Waals surface area contributed by atoms with Crippen LogP contribution >= 0.6 is 11.3 Å². The second-order valence-corrected chi connectivity index (χ2v) is 5.69. The maximum absolute atomic E-state index is 6.12. The van der Waals surface area contributed by atoms with Gasteiger partial charge >= 0.3 is 0 Å². The Morgan fingerprint density at radius 1 is 1.60 bits per heavy atom. The molecule has 3 atom stereocenters. The molecule has 0 aromatic carbocycles. The maximum atomic E-state index is 6.12. The lowest BCUT2D eigenvalue weighted by molar-refractivity contribution is 0.216. The van der Waals surface area contributed by atoms with Gasteiger partial charge in [0.2, 0.25) is 0 Å². The molecule has 0 saturated carbocycles. The van der Waals surface area contributed by atoms with Gasteiger partial charge < -0.3 is 5.73 Å². The first-order chi connectivity index (χ1) is 7.18. The van der Waals surface area contributed by atoms with Crippen molar-refractivity contribution < 1.29 is 0 Å². The topological polar surface area (TPSA) is 29.3 Å². The summed E-state index contributed by atoms with van der Waals surface area (Å²) in [7, 11) is 0. The van der Waals surface area contributed by atoms with Gasteiger partial charge in [0.05, 0.1) is 6.04 Å². The Kier molecular flexibility index (Phi) is 3.44. The van der Waals surface area contributed by atoms with Crippen molar-refractivity contribution in [3.05, 3.63) is 22.4 Å². The third-order valence-electron chi connectivity index (χ3n) is 3.18. The molecule has 0 spiro atoms. The van der Waals surface area contributed by atoms with E-state index in [1.807, 2.05) is 11.3 Å². The largest absolute Gasteiger partial charge is 0.326 e. The molecule has 3 heteroatoms. The summed E-state index contributed by atoms with van der Waals surface area (Å²) in [5.41, 5.74) is 6.12. The van der Waals surface area contributed by atoms with Crippen molar-refractivity contribution in [2.24, 2.45) is 11.7 Å². The first kappa shape index (κ1) is 11.1. The zero-order valence-corrected chi connectivity index (χ0v) is 10.3. The van der Waals surface area contributed by atoms with Crippen molar-refractivity contribution >= 4 is 11.3 Å². The highest BCUT2D eigenvalue weighted by molar-refractivity contribution is 7.10. The fourth-order valence-corrected chi connectivity index (χ4v) is 3.43. The molecule has 15 heavy (non-hydrogen) atoms. The van der Waals surface area contributed by atoms with E-state index in [2.05, 4.69) is 36.3 Å². The first-order valence-electron chi connectivity index (χ1n) is 5.71. The van der Waals surface area contributed by atoms with Gasteiger partial charge in [0.15, 0.2) is 0 Å². The Morgan fingerprint density at radius 2 is 2.40 bits per heavy atom. The van der Waals surface area contributed by atoms with Crippen molar-refractivity contribution in [1.29, 1.82) is 0 Å². The molecule has 0 aliphatic carbocycles. The van der Waals surface area contributed by atoms with E-state index in [-0.39, 0.29) is 6.04 Å². The van der Waals surface area contributed by atoms with Gasteiger partial charge in [-0.3, -0.25) is 4.90 Å². The van der Waals surface area contributed by atoms with Crippen molar-refractivity contribution in [3.8, 4) is 0 Å². The SMILES string of the molecule is CC1CCN(C(c2cccs2)C(C)N)C1. The first-order valence-corrected chi connectivity index (χ1v) is 6.59. The summed E-state index contributed by atoms with van der Waals surface area (Å²) < 4.78 is 0. The second-order valence-electron chi connectivity index (χ2n) is 4.71. The number of nitrogens with two attached hydrogens (primary N) is 1. The molecule has 0 bridgehead atoms. The molecular weight excluding hydrogens is 204 g/mol. The summed E-state index contributed by atoms with van der Waals surface area (Å²) in [6.07, 6.45) is 1.31. The second kappa shape index (κ2) is 4.64. The minimum Gasteiger partial charge on any atom is -0.326 e. The molecule has 0 amide bonds. The number of hydrogen-bond acceptors (Lipinski definition) is 3. The van der Waals surface area contributed by atoms with Crippen LogP contribution in [0.4, 0.5) is 0 Å². The Bertz CT molecular complexity index is 295. The van der Waals surface area contributed by atoms with Gasteiger partial charge in [-0.25, -0.2) is 0 Å². The van der Waals surface area contributed by atoms with E-state index in [0.717, 1.165) is 5.92 Å². The van der Waals surface area contributed by atoms with E-state index in [0.29, 0.717) is 6.04 Å². The number of rotatable bonds is 3. The minimum absolute atomic E-state index is 0.217. The van der Waals surface area contributed by atoms with Crippen LogP contribution in [-0.4, -0.2) is 24.0 Å². The molecule has 84 valence electrons.